The Morgan fingerprint density at radius 1 is 1.37 bits per heavy atom. The summed E-state index contributed by atoms with van der Waals surface area (Å²) in [6.07, 6.45) is 0. The SMILES string of the molecule is Nc1ccc([N+](=O)[O-])c(NCc2cccc(F)c2)n1. The Labute approximate surface area is 108 Å². The summed E-state index contributed by atoms with van der Waals surface area (Å²) in [5, 5.41) is 13.6. The van der Waals surface area contributed by atoms with Crippen molar-refractivity contribution in [1.82, 2.24) is 4.98 Å². The number of nitrogen functional groups attached to an aromatic ring is 1. The molecule has 0 saturated carbocycles. The highest BCUT2D eigenvalue weighted by molar-refractivity contribution is 5.59. The maximum atomic E-state index is 13.0. The van der Waals surface area contributed by atoms with Crippen LogP contribution in [0, 0.1) is 15.9 Å². The third-order valence-corrected chi connectivity index (χ3v) is 2.44. The Bertz CT molecular complexity index is 618. The maximum absolute atomic E-state index is 13.0. The first-order valence-electron chi connectivity index (χ1n) is 5.45. The molecule has 0 fully saturated rings. The summed E-state index contributed by atoms with van der Waals surface area (Å²) >= 11 is 0. The molecule has 0 aliphatic carbocycles. The van der Waals surface area contributed by atoms with Crippen molar-refractivity contribution >= 4 is 17.3 Å². The minimum absolute atomic E-state index is 0.0641. The number of nitrogens with zero attached hydrogens (tertiary/aromatic N) is 2. The molecule has 6 nitrogen and oxygen atoms in total. The second-order valence-electron chi connectivity index (χ2n) is 3.84. The first-order valence-corrected chi connectivity index (χ1v) is 5.45. The number of pyridine rings is 1. The van der Waals surface area contributed by atoms with Crippen LogP contribution >= 0.6 is 0 Å². The fourth-order valence-electron chi connectivity index (χ4n) is 1.58. The molecule has 0 aliphatic heterocycles. The van der Waals surface area contributed by atoms with Gasteiger partial charge in [0.05, 0.1) is 4.92 Å². The number of aromatic nitrogens is 1. The fourth-order valence-corrected chi connectivity index (χ4v) is 1.58. The van der Waals surface area contributed by atoms with Crippen molar-refractivity contribution in [3.8, 4) is 0 Å². The average Bonchev–Trinajstić information content (AvgIpc) is 2.36. The summed E-state index contributed by atoms with van der Waals surface area (Å²) in [5.74, 6) is -0.129. The molecule has 0 unspecified atom stereocenters. The minimum Gasteiger partial charge on any atom is -0.384 e. The smallest absolute Gasteiger partial charge is 0.311 e. The number of rotatable bonds is 4. The average molecular weight is 262 g/mol. The molecule has 0 spiro atoms. The Morgan fingerprint density at radius 3 is 2.84 bits per heavy atom. The monoisotopic (exact) mass is 262 g/mol. The second kappa shape index (κ2) is 5.30. The summed E-state index contributed by atoms with van der Waals surface area (Å²) < 4.78 is 13.0. The maximum Gasteiger partial charge on any atom is 0.311 e. The van der Waals surface area contributed by atoms with Crippen molar-refractivity contribution in [2.45, 2.75) is 6.54 Å². The molecule has 1 aromatic carbocycles. The summed E-state index contributed by atoms with van der Waals surface area (Å²) in [7, 11) is 0. The van der Waals surface area contributed by atoms with Crippen molar-refractivity contribution in [1.29, 1.82) is 0 Å². The summed E-state index contributed by atoms with van der Waals surface area (Å²) in [4.78, 5) is 14.1. The van der Waals surface area contributed by atoms with Crippen LogP contribution in [0.15, 0.2) is 36.4 Å². The zero-order valence-electron chi connectivity index (χ0n) is 9.84. The highest BCUT2D eigenvalue weighted by atomic mass is 19.1. The van der Waals surface area contributed by atoms with Crippen LogP contribution in [-0.2, 0) is 6.54 Å². The first-order chi connectivity index (χ1) is 9.06. The largest absolute Gasteiger partial charge is 0.384 e. The van der Waals surface area contributed by atoms with Gasteiger partial charge in [-0.25, -0.2) is 9.37 Å². The number of nitro groups is 1. The van der Waals surface area contributed by atoms with Crippen molar-refractivity contribution < 1.29 is 9.31 Å². The van der Waals surface area contributed by atoms with Gasteiger partial charge < -0.3 is 11.1 Å². The Hall–Kier alpha value is -2.70. The van der Waals surface area contributed by atoms with Gasteiger partial charge in [0.25, 0.3) is 0 Å². The Balaban J connectivity index is 2.19. The van der Waals surface area contributed by atoms with Gasteiger partial charge in [-0.15, -0.1) is 0 Å². The predicted octanol–water partition coefficient (Wildman–Crippen LogP) is 2.32. The van der Waals surface area contributed by atoms with E-state index in [-0.39, 0.29) is 29.7 Å². The molecule has 19 heavy (non-hydrogen) atoms. The predicted molar refractivity (Wildman–Crippen MR) is 69.0 cm³/mol. The number of nitrogens with two attached hydrogens (primary N) is 1. The topological polar surface area (TPSA) is 94.1 Å². The van der Waals surface area contributed by atoms with Crippen molar-refractivity contribution in [2.75, 3.05) is 11.1 Å². The number of nitrogens with one attached hydrogen (secondary N) is 1. The van der Waals surface area contributed by atoms with Crippen LogP contribution in [0.1, 0.15) is 5.56 Å². The molecule has 1 aromatic heterocycles. The Morgan fingerprint density at radius 2 is 2.16 bits per heavy atom. The number of hydrogen-bond donors (Lipinski definition) is 2. The molecule has 0 saturated heterocycles. The summed E-state index contributed by atoms with van der Waals surface area (Å²) in [6, 6.07) is 8.55. The van der Waals surface area contributed by atoms with Gasteiger partial charge in [-0.1, -0.05) is 12.1 Å². The lowest BCUT2D eigenvalue weighted by Gasteiger charge is -2.07. The molecule has 0 atom stereocenters. The molecule has 3 N–H and O–H groups in total. The molecule has 7 heteroatoms. The second-order valence-corrected chi connectivity index (χ2v) is 3.84. The van der Waals surface area contributed by atoms with Gasteiger partial charge in [0, 0.05) is 12.6 Å². The number of benzene rings is 1. The first kappa shape index (κ1) is 12.7. The quantitative estimate of drug-likeness (QED) is 0.651. The van der Waals surface area contributed by atoms with E-state index in [0.29, 0.717) is 5.56 Å². The van der Waals surface area contributed by atoms with Crippen LogP contribution in [0.2, 0.25) is 0 Å². The van der Waals surface area contributed by atoms with E-state index >= 15 is 0 Å². The van der Waals surface area contributed by atoms with E-state index in [1.54, 1.807) is 12.1 Å². The van der Waals surface area contributed by atoms with Crippen LogP contribution in [0.5, 0.6) is 0 Å². The zero-order chi connectivity index (χ0) is 13.8. The molecule has 2 rings (SSSR count). The Kier molecular flexibility index (Phi) is 3.56. The molecule has 98 valence electrons. The van der Waals surface area contributed by atoms with Gasteiger partial charge in [0.2, 0.25) is 5.82 Å². The molecule has 1 heterocycles. The highest BCUT2D eigenvalue weighted by Gasteiger charge is 2.15. The van der Waals surface area contributed by atoms with Gasteiger partial charge in [-0.05, 0) is 23.8 Å². The van der Waals surface area contributed by atoms with E-state index in [9.17, 15) is 14.5 Å². The van der Waals surface area contributed by atoms with E-state index in [1.807, 2.05) is 0 Å². The lowest BCUT2D eigenvalue weighted by molar-refractivity contribution is -0.384. The van der Waals surface area contributed by atoms with Crippen LogP contribution in [0.25, 0.3) is 0 Å². The zero-order valence-corrected chi connectivity index (χ0v) is 9.84. The molecular formula is C12H11FN4O2. The third kappa shape index (κ3) is 3.15. The van der Waals surface area contributed by atoms with E-state index in [1.165, 1.54) is 24.3 Å². The van der Waals surface area contributed by atoms with Gasteiger partial charge in [0.15, 0.2) is 0 Å². The van der Waals surface area contributed by atoms with Gasteiger partial charge in [-0.3, -0.25) is 10.1 Å². The summed E-state index contributed by atoms with van der Waals surface area (Å²) in [6.45, 7) is 0.217. The number of hydrogen-bond acceptors (Lipinski definition) is 5. The van der Waals surface area contributed by atoms with Crippen molar-refractivity contribution in [3.05, 3.63) is 57.9 Å². The normalized spacial score (nSPS) is 10.2. The highest BCUT2D eigenvalue weighted by Crippen LogP contribution is 2.23. The van der Waals surface area contributed by atoms with E-state index in [2.05, 4.69) is 10.3 Å². The van der Waals surface area contributed by atoms with Crippen LogP contribution < -0.4 is 11.1 Å². The van der Waals surface area contributed by atoms with Crippen LogP contribution in [0.4, 0.5) is 21.7 Å². The van der Waals surface area contributed by atoms with Crippen LogP contribution in [-0.4, -0.2) is 9.91 Å². The molecule has 0 bridgehead atoms. The lowest BCUT2D eigenvalue weighted by Crippen LogP contribution is -2.06. The van der Waals surface area contributed by atoms with Crippen LogP contribution in [0.3, 0.4) is 0 Å². The molecule has 0 radical (unpaired) electrons. The number of halogens is 1. The van der Waals surface area contributed by atoms with Gasteiger partial charge >= 0.3 is 5.69 Å². The standard InChI is InChI=1S/C12H11FN4O2/c13-9-3-1-2-8(6-9)7-15-12-10(17(18)19)4-5-11(14)16-12/h1-6H,7H2,(H3,14,15,16). The number of anilines is 2. The van der Waals surface area contributed by atoms with E-state index in [0.717, 1.165) is 0 Å². The third-order valence-electron chi connectivity index (χ3n) is 2.44. The minimum atomic E-state index is -0.555. The molecular weight excluding hydrogens is 251 g/mol. The lowest BCUT2D eigenvalue weighted by atomic mass is 10.2. The van der Waals surface area contributed by atoms with Crippen molar-refractivity contribution in [2.24, 2.45) is 0 Å². The van der Waals surface area contributed by atoms with Gasteiger partial charge in [-0.2, -0.15) is 0 Å². The van der Waals surface area contributed by atoms with Crippen molar-refractivity contribution in [3.63, 3.8) is 0 Å². The molecule has 0 amide bonds. The molecule has 2 aromatic rings. The fraction of sp³-hybridized carbons (Fsp3) is 0.0833. The van der Waals surface area contributed by atoms with E-state index < -0.39 is 4.92 Å². The van der Waals surface area contributed by atoms with Gasteiger partial charge in [0.1, 0.15) is 11.6 Å². The van der Waals surface area contributed by atoms with E-state index in [4.69, 9.17) is 5.73 Å². The summed E-state index contributed by atoms with van der Waals surface area (Å²) in [5.41, 5.74) is 5.96. The molecule has 0 aliphatic rings.